The van der Waals surface area contributed by atoms with Gasteiger partial charge in [-0.3, -0.25) is 0 Å². The first-order valence-electron chi connectivity index (χ1n) is 7.54. The van der Waals surface area contributed by atoms with Crippen molar-refractivity contribution in [1.82, 2.24) is 0 Å². The van der Waals surface area contributed by atoms with Crippen LogP contribution >= 0.6 is 46.4 Å². The van der Waals surface area contributed by atoms with E-state index in [0.29, 0.717) is 16.1 Å². The van der Waals surface area contributed by atoms with Crippen LogP contribution in [0.5, 0.6) is 0 Å². The van der Waals surface area contributed by atoms with Crippen molar-refractivity contribution < 1.29 is 18.0 Å². The van der Waals surface area contributed by atoms with Gasteiger partial charge < -0.3 is 10.6 Å². The van der Waals surface area contributed by atoms with E-state index in [4.69, 9.17) is 57.0 Å². The molecular weight excluding hydrogens is 447 g/mol. The zero-order chi connectivity index (χ0) is 20.0. The highest BCUT2D eigenvalue weighted by Crippen LogP contribution is 2.50. The molecule has 1 aliphatic rings. The number of oxime groups is 1. The van der Waals surface area contributed by atoms with E-state index in [1.54, 1.807) is 18.2 Å². The topological polar surface area (TPSA) is 47.6 Å². The summed E-state index contributed by atoms with van der Waals surface area (Å²) >= 11 is 23.7. The molecule has 1 unspecified atom stereocenters. The van der Waals surface area contributed by atoms with Crippen LogP contribution < -0.4 is 5.73 Å². The highest BCUT2D eigenvalue weighted by atomic mass is 35.5. The van der Waals surface area contributed by atoms with Crippen LogP contribution in [0.3, 0.4) is 0 Å². The Bertz CT molecular complexity index is 910. The van der Waals surface area contributed by atoms with Gasteiger partial charge in [-0.2, -0.15) is 13.2 Å². The number of nitrogens with two attached hydrogens (primary N) is 1. The molecule has 0 aliphatic carbocycles. The molecule has 0 fully saturated rings. The van der Waals surface area contributed by atoms with Crippen molar-refractivity contribution in [2.75, 3.05) is 0 Å². The maximum Gasteiger partial charge on any atom is 0.435 e. The van der Waals surface area contributed by atoms with Gasteiger partial charge in [-0.15, -0.1) is 0 Å². The minimum Gasteiger partial charge on any atom is -0.374 e. The van der Waals surface area contributed by atoms with Crippen molar-refractivity contribution in [3.63, 3.8) is 0 Å². The number of rotatable bonds is 3. The summed E-state index contributed by atoms with van der Waals surface area (Å²) in [6.45, 7) is 0.133. The van der Waals surface area contributed by atoms with Crippen LogP contribution in [0.2, 0.25) is 20.1 Å². The third-order valence-corrected chi connectivity index (χ3v) is 5.80. The van der Waals surface area contributed by atoms with Crippen LogP contribution in [0.4, 0.5) is 13.2 Å². The standard InChI is InChI=1S/C17H11Cl4F3N2O/c18-11-2-1-8(3-9(11)7-25)14-6-16(27-26-14,17(22,23)24)10-4-12(19)15(21)13(20)5-10/h1-5H,6-7,25H2. The lowest BCUT2D eigenvalue weighted by Gasteiger charge is -2.30. The zero-order valence-electron chi connectivity index (χ0n) is 13.4. The Kier molecular flexibility index (Phi) is 5.58. The van der Waals surface area contributed by atoms with Gasteiger partial charge in [-0.1, -0.05) is 57.6 Å². The Morgan fingerprint density at radius 3 is 2.22 bits per heavy atom. The first-order chi connectivity index (χ1) is 12.6. The molecule has 2 aromatic rings. The summed E-state index contributed by atoms with van der Waals surface area (Å²) in [5.41, 5.74) is 3.69. The molecule has 3 nitrogen and oxygen atoms in total. The van der Waals surface area contributed by atoms with E-state index in [2.05, 4.69) is 5.16 Å². The number of halogens is 7. The van der Waals surface area contributed by atoms with Gasteiger partial charge in [-0.05, 0) is 35.4 Å². The number of nitrogens with zero attached hydrogens (tertiary/aromatic N) is 1. The molecule has 144 valence electrons. The highest BCUT2D eigenvalue weighted by molar-refractivity contribution is 6.48. The second-order valence-corrected chi connectivity index (χ2v) is 7.49. The van der Waals surface area contributed by atoms with Crippen molar-refractivity contribution in [1.29, 1.82) is 0 Å². The van der Waals surface area contributed by atoms with Crippen LogP contribution in [-0.2, 0) is 17.0 Å². The fourth-order valence-electron chi connectivity index (χ4n) is 2.76. The number of benzene rings is 2. The molecule has 3 rings (SSSR count). The number of hydrogen-bond acceptors (Lipinski definition) is 3. The first kappa shape index (κ1) is 20.6. The molecule has 2 N–H and O–H groups in total. The smallest absolute Gasteiger partial charge is 0.374 e. The minimum absolute atomic E-state index is 0.0381. The highest BCUT2D eigenvalue weighted by Gasteiger charge is 2.62. The molecule has 2 aromatic carbocycles. The summed E-state index contributed by atoms with van der Waals surface area (Å²) in [4.78, 5) is 4.95. The van der Waals surface area contributed by atoms with Crippen molar-refractivity contribution >= 4 is 52.1 Å². The summed E-state index contributed by atoms with van der Waals surface area (Å²) < 4.78 is 42.0. The maximum atomic E-state index is 14.0. The van der Waals surface area contributed by atoms with Crippen LogP contribution in [-0.4, -0.2) is 11.9 Å². The summed E-state index contributed by atoms with van der Waals surface area (Å²) in [5.74, 6) is 0. The van der Waals surface area contributed by atoms with E-state index in [9.17, 15) is 13.2 Å². The number of hydrogen-bond donors (Lipinski definition) is 1. The molecule has 0 spiro atoms. The van der Waals surface area contributed by atoms with E-state index >= 15 is 0 Å². The Labute approximate surface area is 172 Å². The van der Waals surface area contributed by atoms with Crippen LogP contribution in [0.1, 0.15) is 23.1 Å². The number of alkyl halides is 3. The molecule has 0 saturated heterocycles. The summed E-state index contributed by atoms with van der Waals surface area (Å²) in [6.07, 6.45) is -5.36. The summed E-state index contributed by atoms with van der Waals surface area (Å²) in [7, 11) is 0. The lowest BCUT2D eigenvalue weighted by molar-refractivity contribution is -0.275. The van der Waals surface area contributed by atoms with Crippen LogP contribution in [0.25, 0.3) is 0 Å². The predicted molar refractivity (Wildman–Crippen MR) is 101 cm³/mol. The molecule has 0 amide bonds. The van der Waals surface area contributed by atoms with Gasteiger partial charge in [0.25, 0.3) is 5.60 Å². The van der Waals surface area contributed by atoms with Gasteiger partial charge in [-0.25, -0.2) is 0 Å². The third-order valence-electron chi connectivity index (χ3n) is 4.23. The normalized spacial score (nSPS) is 19.8. The van der Waals surface area contributed by atoms with Crippen molar-refractivity contribution in [3.8, 4) is 0 Å². The van der Waals surface area contributed by atoms with Gasteiger partial charge >= 0.3 is 6.18 Å². The lowest BCUT2D eigenvalue weighted by Crippen LogP contribution is -2.42. The Morgan fingerprint density at radius 1 is 1.04 bits per heavy atom. The van der Waals surface area contributed by atoms with Crippen molar-refractivity contribution in [3.05, 3.63) is 67.1 Å². The molecule has 1 heterocycles. The fourth-order valence-corrected chi connectivity index (χ4v) is 3.55. The molecule has 10 heteroatoms. The largest absolute Gasteiger partial charge is 0.435 e. The van der Waals surface area contributed by atoms with Gasteiger partial charge in [0.2, 0.25) is 0 Å². The molecule has 0 aromatic heterocycles. The predicted octanol–water partition coefficient (Wildman–Crippen LogP) is 6.34. The lowest BCUT2D eigenvalue weighted by atomic mass is 9.86. The molecule has 1 atom stereocenters. The second kappa shape index (κ2) is 7.33. The zero-order valence-corrected chi connectivity index (χ0v) is 16.4. The molecule has 1 aliphatic heterocycles. The van der Waals surface area contributed by atoms with Gasteiger partial charge in [0.05, 0.1) is 20.8 Å². The maximum absolute atomic E-state index is 14.0. The Hall–Kier alpha value is -1.18. The average Bonchev–Trinajstić information content (AvgIpc) is 3.06. The molecular formula is C17H11Cl4F3N2O. The van der Waals surface area contributed by atoms with E-state index in [0.717, 1.165) is 12.1 Å². The molecule has 0 bridgehead atoms. The Balaban J connectivity index is 2.06. The van der Waals surface area contributed by atoms with E-state index < -0.39 is 18.2 Å². The molecule has 0 saturated carbocycles. The van der Waals surface area contributed by atoms with Crippen LogP contribution in [0.15, 0.2) is 35.5 Å². The van der Waals surface area contributed by atoms with E-state index in [1.807, 2.05) is 0 Å². The van der Waals surface area contributed by atoms with Gasteiger partial charge in [0, 0.05) is 23.6 Å². The van der Waals surface area contributed by atoms with Gasteiger partial charge in [0.15, 0.2) is 0 Å². The van der Waals surface area contributed by atoms with E-state index in [-0.39, 0.29) is 32.9 Å². The van der Waals surface area contributed by atoms with E-state index in [1.165, 1.54) is 0 Å². The minimum atomic E-state index is -4.79. The quantitative estimate of drug-likeness (QED) is 0.546. The monoisotopic (exact) mass is 456 g/mol. The first-order valence-corrected chi connectivity index (χ1v) is 9.06. The van der Waals surface area contributed by atoms with Gasteiger partial charge in [0.1, 0.15) is 0 Å². The summed E-state index contributed by atoms with van der Waals surface area (Å²) in [5, 5.41) is 3.83. The van der Waals surface area contributed by atoms with Crippen molar-refractivity contribution in [2.45, 2.75) is 24.7 Å². The van der Waals surface area contributed by atoms with Crippen LogP contribution in [0, 0.1) is 0 Å². The van der Waals surface area contributed by atoms with Crippen molar-refractivity contribution in [2.24, 2.45) is 10.9 Å². The average molecular weight is 458 g/mol. The third kappa shape index (κ3) is 3.61. The molecule has 27 heavy (non-hydrogen) atoms. The second-order valence-electron chi connectivity index (χ2n) is 5.90. The SMILES string of the molecule is NCc1cc(C2=NOC(c3cc(Cl)c(Cl)c(Cl)c3)(C(F)(F)F)C2)ccc1Cl. The fraction of sp³-hybridized carbons (Fsp3) is 0.235. The summed E-state index contributed by atoms with van der Waals surface area (Å²) in [6, 6.07) is 6.84. The molecule has 0 radical (unpaired) electrons. The Morgan fingerprint density at radius 2 is 1.67 bits per heavy atom.